The van der Waals surface area contributed by atoms with Crippen LogP contribution in [0.2, 0.25) is 0 Å². The van der Waals surface area contributed by atoms with Crippen LogP contribution in [0.25, 0.3) is 0 Å². The normalized spacial score (nSPS) is 41.1. The quantitative estimate of drug-likeness (QED) is 0.854. The second kappa shape index (κ2) is 3.72. The third kappa shape index (κ3) is 1.73. The monoisotopic (exact) mass is 242 g/mol. The highest BCUT2D eigenvalue weighted by Crippen LogP contribution is 2.56. The highest BCUT2D eigenvalue weighted by atomic mass is 15.1. The number of aryl methyl sites for hydroxylation is 1. The Morgan fingerprint density at radius 3 is 2.17 bits per heavy atom. The fourth-order valence-electron chi connectivity index (χ4n) is 5.08. The molecule has 2 nitrogen and oxygen atoms in total. The molecule has 18 heavy (non-hydrogen) atoms. The van der Waals surface area contributed by atoms with Gasteiger partial charge in [-0.1, -0.05) is 6.07 Å². The molecule has 0 amide bonds. The lowest BCUT2D eigenvalue weighted by Crippen LogP contribution is -2.54. The predicted octanol–water partition coefficient (Wildman–Crippen LogP) is 3.77. The minimum Gasteiger partial charge on any atom is -0.365 e. The van der Waals surface area contributed by atoms with Gasteiger partial charge in [0.25, 0.3) is 0 Å². The molecule has 0 aliphatic heterocycles. The van der Waals surface area contributed by atoms with Gasteiger partial charge in [-0.2, -0.15) is 0 Å². The number of aromatic nitrogens is 1. The van der Waals surface area contributed by atoms with E-state index < -0.39 is 0 Å². The molecule has 96 valence electrons. The summed E-state index contributed by atoms with van der Waals surface area (Å²) < 4.78 is 0. The number of hydrogen-bond donors (Lipinski definition) is 1. The van der Waals surface area contributed by atoms with Gasteiger partial charge in [0.1, 0.15) is 5.82 Å². The summed E-state index contributed by atoms with van der Waals surface area (Å²) >= 11 is 0. The molecule has 0 radical (unpaired) electrons. The second-order valence-electron chi connectivity index (χ2n) is 7.04. The van der Waals surface area contributed by atoms with Gasteiger partial charge in [-0.3, -0.25) is 0 Å². The van der Waals surface area contributed by atoms with Crippen molar-refractivity contribution in [3.8, 4) is 0 Å². The second-order valence-corrected chi connectivity index (χ2v) is 7.04. The van der Waals surface area contributed by atoms with Crippen LogP contribution in [0.5, 0.6) is 0 Å². The van der Waals surface area contributed by atoms with E-state index in [1.54, 1.807) is 0 Å². The Labute approximate surface area is 109 Å². The molecule has 4 fully saturated rings. The van der Waals surface area contributed by atoms with Gasteiger partial charge < -0.3 is 5.32 Å². The van der Waals surface area contributed by atoms with Crippen LogP contribution in [0.1, 0.15) is 44.1 Å². The smallest absolute Gasteiger partial charge is 0.126 e. The summed E-state index contributed by atoms with van der Waals surface area (Å²) in [7, 11) is 0. The first-order valence-corrected chi connectivity index (χ1v) is 7.42. The van der Waals surface area contributed by atoms with Crippen LogP contribution in [0, 0.1) is 24.7 Å². The summed E-state index contributed by atoms with van der Waals surface area (Å²) in [5.41, 5.74) is 1.63. The highest BCUT2D eigenvalue weighted by molar-refractivity contribution is 5.39. The number of nitrogens with one attached hydrogen (secondary N) is 1. The lowest BCUT2D eigenvalue weighted by atomic mass is 9.53. The third-order valence-electron chi connectivity index (χ3n) is 5.34. The summed E-state index contributed by atoms with van der Waals surface area (Å²) in [6, 6.07) is 4.31. The van der Waals surface area contributed by atoms with E-state index in [2.05, 4.69) is 29.4 Å². The number of rotatable bonds is 2. The molecule has 0 atom stereocenters. The van der Waals surface area contributed by atoms with Crippen LogP contribution in [0.4, 0.5) is 5.82 Å². The first-order chi connectivity index (χ1) is 8.71. The van der Waals surface area contributed by atoms with Crippen molar-refractivity contribution in [2.75, 3.05) is 5.32 Å². The van der Waals surface area contributed by atoms with Gasteiger partial charge in [0, 0.05) is 11.7 Å². The average Bonchev–Trinajstić information content (AvgIpc) is 2.30. The van der Waals surface area contributed by atoms with Crippen LogP contribution in [-0.2, 0) is 0 Å². The largest absolute Gasteiger partial charge is 0.365 e. The maximum absolute atomic E-state index is 4.54. The molecule has 1 heterocycles. The van der Waals surface area contributed by atoms with Gasteiger partial charge in [-0.15, -0.1) is 0 Å². The number of hydrogen-bond acceptors (Lipinski definition) is 2. The molecule has 0 aromatic carbocycles. The summed E-state index contributed by atoms with van der Waals surface area (Å²) in [5.74, 6) is 4.07. The zero-order chi connectivity index (χ0) is 12.2. The lowest BCUT2D eigenvalue weighted by Gasteiger charge is -2.57. The highest BCUT2D eigenvalue weighted by Gasteiger charge is 2.50. The van der Waals surface area contributed by atoms with Gasteiger partial charge in [-0.25, -0.2) is 4.98 Å². The van der Waals surface area contributed by atoms with Crippen molar-refractivity contribution < 1.29 is 0 Å². The van der Waals surface area contributed by atoms with Gasteiger partial charge in [-0.05, 0) is 74.8 Å². The van der Waals surface area contributed by atoms with E-state index in [1.165, 1.54) is 44.1 Å². The molecule has 0 saturated heterocycles. The van der Waals surface area contributed by atoms with Crippen LogP contribution in [-0.4, -0.2) is 10.5 Å². The molecule has 0 spiro atoms. The Morgan fingerprint density at radius 2 is 1.67 bits per heavy atom. The zero-order valence-electron chi connectivity index (χ0n) is 11.2. The minimum atomic E-state index is 0.386. The Hall–Kier alpha value is -1.05. The SMILES string of the molecule is Cc1ccc(NC23CC4CC(CC(C4)C2)C3)nc1. The van der Waals surface area contributed by atoms with Gasteiger partial charge in [0.05, 0.1) is 0 Å². The molecule has 4 saturated carbocycles. The van der Waals surface area contributed by atoms with E-state index >= 15 is 0 Å². The molecule has 4 aliphatic carbocycles. The van der Waals surface area contributed by atoms with E-state index in [0.717, 1.165) is 23.6 Å². The molecule has 5 rings (SSSR count). The molecule has 4 aliphatic rings. The van der Waals surface area contributed by atoms with Crippen molar-refractivity contribution in [1.29, 1.82) is 0 Å². The summed E-state index contributed by atoms with van der Waals surface area (Å²) in [6.07, 6.45) is 10.6. The first kappa shape index (κ1) is 10.8. The Balaban J connectivity index is 1.58. The van der Waals surface area contributed by atoms with Crippen molar-refractivity contribution in [3.05, 3.63) is 23.9 Å². The lowest BCUT2D eigenvalue weighted by molar-refractivity contribution is 0.0105. The number of anilines is 1. The van der Waals surface area contributed by atoms with Crippen molar-refractivity contribution in [3.63, 3.8) is 0 Å². The van der Waals surface area contributed by atoms with Gasteiger partial charge in [0.2, 0.25) is 0 Å². The fourth-order valence-corrected chi connectivity index (χ4v) is 5.08. The van der Waals surface area contributed by atoms with E-state index in [0.29, 0.717) is 5.54 Å². The van der Waals surface area contributed by atoms with Crippen LogP contribution in [0.15, 0.2) is 18.3 Å². The van der Waals surface area contributed by atoms with Crippen molar-refractivity contribution in [2.24, 2.45) is 17.8 Å². The third-order valence-corrected chi connectivity index (χ3v) is 5.34. The molecule has 2 heteroatoms. The molecule has 0 unspecified atom stereocenters. The van der Waals surface area contributed by atoms with E-state index in [4.69, 9.17) is 0 Å². The van der Waals surface area contributed by atoms with E-state index in [1.807, 2.05) is 6.20 Å². The van der Waals surface area contributed by atoms with Gasteiger partial charge in [0.15, 0.2) is 0 Å². The molecule has 1 aromatic heterocycles. The van der Waals surface area contributed by atoms with E-state index in [9.17, 15) is 0 Å². The Bertz CT molecular complexity index is 413. The molecule has 1 aromatic rings. The minimum absolute atomic E-state index is 0.386. The molecule has 4 bridgehead atoms. The average molecular weight is 242 g/mol. The number of nitrogens with zero attached hydrogens (tertiary/aromatic N) is 1. The molecular formula is C16H22N2. The summed E-state index contributed by atoms with van der Waals surface area (Å²) in [6.45, 7) is 2.10. The van der Waals surface area contributed by atoms with Crippen LogP contribution in [0.3, 0.4) is 0 Å². The molecule has 1 N–H and O–H groups in total. The summed E-state index contributed by atoms with van der Waals surface area (Å²) in [4.78, 5) is 4.54. The Morgan fingerprint density at radius 1 is 1.06 bits per heavy atom. The first-order valence-electron chi connectivity index (χ1n) is 7.42. The maximum Gasteiger partial charge on any atom is 0.126 e. The maximum atomic E-state index is 4.54. The number of pyridine rings is 1. The van der Waals surface area contributed by atoms with Crippen molar-refractivity contribution in [1.82, 2.24) is 4.98 Å². The van der Waals surface area contributed by atoms with Crippen molar-refractivity contribution in [2.45, 2.75) is 51.0 Å². The zero-order valence-corrected chi connectivity index (χ0v) is 11.2. The fraction of sp³-hybridized carbons (Fsp3) is 0.688. The standard InChI is InChI=1S/C16H22N2/c1-11-2-3-15(17-10-11)18-16-7-12-4-13(8-16)6-14(5-12)9-16/h2-3,10,12-14H,4-9H2,1H3,(H,17,18). The van der Waals surface area contributed by atoms with Crippen molar-refractivity contribution >= 4 is 5.82 Å². The van der Waals surface area contributed by atoms with Crippen LogP contribution >= 0.6 is 0 Å². The van der Waals surface area contributed by atoms with E-state index in [-0.39, 0.29) is 0 Å². The van der Waals surface area contributed by atoms with Gasteiger partial charge >= 0.3 is 0 Å². The molecular weight excluding hydrogens is 220 g/mol. The van der Waals surface area contributed by atoms with Crippen LogP contribution < -0.4 is 5.32 Å². The summed E-state index contributed by atoms with van der Waals surface area (Å²) in [5, 5.41) is 3.80. The Kier molecular flexibility index (Phi) is 2.24. The topological polar surface area (TPSA) is 24.9 Å². The predicted molar refractivity (Wildman–Crippen MR) is 73.5 cm³/mol.